The largest absolute Gasteiger partial charge is 0.493 e. The Hall–Kier alpha value is -1.88. The predicted octanol–water partition coefficient (Wildman–Crippen LogP) is 3.11. The molecule has 7 nitrogen and oxygen atoms in total. The van der Waals surface area contributed by atoms with Crippen LogP contribution < -0.4 is 14.3 Å². The molecule has 0 saturated carbocycles. The van der Waals surface area contributed by atoms with Gasteiger partial charge in [-0.05, 0) is 18.4 Å². The maximum Gasteiger partial charge on any atom is 0.294 e. The first kappa shape index (κ1) is 19.9. The van der Waals surface area contributed by atoms with Gasteiger partial charge in [-0.25, -0.2) is 0 Å². The van der Waals surface area contributed by atoms with Gasteiger partial charge in [0.15, 0.2) is 11.5 Å². The van der Waals surface area contributed by atoms with Gasteiger partial charge >= 0.3 is 0 Å². The summed E-state index contributed by atoms with van der Waals surface area (Å²) >= 11 is 2.43. The molecule has 27 heavy (non-hydrogen) atoms. The highest BCUT2D eigenvalue weighted by Gasteiger charge is 2.17. The number of fused-ring (bicyclic) bond motifs is 1. The van der Waals surface area contributed by atoms with Gasteiger partial charge in [0.1, 0.15) is 4.21 Å². The first-order valence-corrected chi connectivity index (χ1v) is 11.3. The zero-order chi connectivity index (χ0) is 19.4. The molecule has 0 unspecified atom stereocenters. The summed E-state index contributed by atoms with van der Waals surface area (Å²) in [4.78, 5) is 0.383. The second kappa shape index (κ2) is 8.42. The van der Waals surface area contributed by atoms with E-state index in [4.69, 9.17) is 14.2 Å². The Kier molecular flexibility index (Phi) is 6.20. The molecular formula is C17H20N2O5S3. The van der Waals surface area contributed by atoms with Crippen molar-refractivity contribution in [3.05, 3.63) is 34.4 Å². The highest BCUT2D eigenvalue weighted by Crippen LogP contribution is 2.33. The standard InChI is InChI=1S/C17H20N2O5S3/c1-4-24-8-7-19-12-10-13(22-2)14(23-3)11-15(12)26-17(19)18-27(20,21)16-6-5-9-25-16/h5-6,9-11H,4,7-8H2,1-3H3. The third-order valence-corrected chi connectivity index (χ3v) is 7.60. The van der Waals surface area contributed by atoms with Gasteiger partial charge < -0.3 is 18.8 Å². The lowest BCUT2D eigenvalue weighted by atomic mass is 10.3. The van der Waals surface area contributed by atoms with Crippen LogP contribution in [-0.2, 0) is 21.3 Å². The number of nitrogens with zero attached hydrogens (tertiary/aromatic N) is 2. The number of aromatic nitrogens is 1. The summed E-state index contributed by atoms with van der Waals surface area (Å²) in [5.74, 6) is 1.15. The van der Waals surface area contributed by atoms with Crippen LogP contribution in [0.15, 0.2) is 38.3 Å². The number of methoxy groups -OCH3 is 2. The maximum absolute atomic E-state index is 12.6. The number of hydrogen-bond acceptors (Lipinski definition) is 7. The van der Waals surface area contributed by atoms with Gasteiger partial charge in [0.2, 0.25) is 4.80 Å². The van der Waals surface area contributed by atoms with E-state index in [-0.39, 0.29) is 4.21 Å². The molecule has 0 aliphatic carbocycles. The molecule has 10 heteroatoms. The quantitative estimate of drug-likeness (QED) is 0.515. The summed E-state index contributed by atoms with van der Waals surface area (Å²) in [7, 11) is -0.647. The van der Waals surface area contributed by atoms with E-state index in [1.165, 1.54) is 11.3 Å². The van der Waals surface area contributed by atoms with Gasteiger partial charge in [-0.2, -0.15) is 8.42 Å². The molecule has 0 aliphatic rings. The van der Waals surface area contributed by atoms with E-state index < -0.39 is 10.0 Å². The minimum absolute atomic E-state index is 0.214. The number of thiophene rings is 1. The van der Waals surface area contributed by atoms with E-state index in [1.807, 2.05) is 23.6 Å². The van der Waals surface area contributed by atoms with Gasteiger partial charge in [-0.15, -0.1) is 15.7 Å². The molecule has 2 heterocycles. The van der Waals surface area contributed by atoms with Crippen LogP contribution in [0.3, 0.4) is 0 Å². The van der Waals surface area contributed by atoms with Crippen molar-refractivity contribution in [1.82, 2.24) is 4.57 Å². The average Bonchev–Trinajstić information content (AvgIpc) is 3.29. The van der Waals surface area contributed by atoms with E-state index in [1.54, 1.807) is 31.7 Å². The van der Waals surface area contributed by atoms with Crippen molar-refractivity contribution in [2.24, 2.45) is 4.40 Å². The molecule has 1 aromatic carbocycles. The zero-order valence-corrected chi connectivity index (χ0v) is 17.6. The molecule has 2 aromatic heterocycles. The lowest BCUT2D eigenvalue weighted by Crippen LogP contribution is -2.19. The van der Waals surface area contributed by atoms with E-state index >= 15 is 0 Å². The molecule has 0 atom stereocenters. The van der Waals surface area contributed by atoms with Crippen LogP contribution in [0.4, 0.5) is 0 Å². The molecule has 0 amide bonds. The van der Waals surface area contributed by atoms with Gasteiger partial charge in [0.05, 0.1) is 31.0 Å². The van der Waals surface area contributed by atoms with Crippen LogP contribution in [0.2, 0.25) is 0 Å². The van der Waals surface area contributed by atoms with E-state index in [9.17, 15) is 8.42 Å². The third-order valence-electron chi connectivity index (χ3n) is 3.80. The number of thiazole rings is 1. The van der Waals surface area contributed by atoms with Crippen molar-refractivity contribution in [2.45, 2.75) is 17.7 Å². The topological polar surface area (TPSA) is 79.1 Å². The maximum atomic E-state index is 12.6. The molecule has 0 fully saturated rings. The van der Waals surface area contributed by atoms with Crippen molar-refractivity contribution < 1.29 is 22.6 Å². The minimum Gasteiger partial charge on any atom is -0.493 e. The van der Waals surface area contributed by atoms with Crippen molar-refractivity contribution in [3.8, 4) is 11.5 Å². The number of ether oxygens (including phenoxy) is 3. The summed E-state index contributed by atoms with van der Waals surface area (Å²) in [6.07, 6.45) is 0. The van der Waals surface area contributed by atoms with Crippen LogP contribution in [-0.4, -0.2) is 40.4 Å². The second-order valence-corrected chi connectivity index (χ2v) is 9.19. The Balaban J connectivity index is 2.21. The van der Waals surface area contributed by atoms with Crippen molar-refractivity contribution >= 4 is 42.9 Å². The Bertz CT molecular complexity index is 1080. The van der Waals surface area contributed by atoms with Crippen LogP contribution in [0.5, 0.6) is 11.5 Å². The molecular weight excluding hydrogens is 408 g/mol. The highest BCUT2D eigenvalue weighted by atomic mass is 32.2. The Morgan fingerprint density at radius 2 is 1.93 bits per heavy atom. The van der Waals surface area contributed by atoms with Crippen LogP contribution in [0.1, 0.15) is 6.92 Å². The Labute approximate surface area is 165 Å². The first-order valence-electron chi connectivity index (χ1n) is 8.17. The van der Waals surface area contributed by atoms with E-state index in [0.29, 0.717) is 36.1 Å². The van der Waals surface area contributed by atoms with Crippen molar-refractivity contribution in [3.63, 3.8) is 0 Å². The van der Waals surface area contributed by atoms with Gasteiger partial charge in [-0.1, -0.05) is 17.4 Å². The van der Waals surface area contributed by atoms with Gasteiger partial charge in [-0.3, -0.25) is 0 Å². The van der Waals surface area contributed by atoms with E-state index in [2.05, 4.69) is 4.40 Å². The molecule has 3 rings (SSSR count). The van der Waals surface area contributed by atoms with Crippen molar-refractivity contribution in [1.29, 1.82) is 0 Å². The molecule has 146 valence electrons. The number of rotatable bonds is 8. The number of sulfonamides is 1. The first-order chi connectivity index (χ1) is 13.0. The van der Waals surface area contributed by atoms with Crippen LogP contribution in [0.25, 0.3) is 10.2 Å². The van der Waals surface area contributed by atoms with Crippen LogP contribution in [0, 0.1) is 0 Å². The molecule has 0 radical (unpaired) electrons. The lowest BCUT2D eigenvalue weighted by molar-refractivity contribution is 0.139. The van der Waals surface area contributed by atoms with E-state index in [0.717, 1.165) is 21.6 Å². The minimum atomic E-state index is -3.77. The smallest absolute Gasteiger partial charge is 0.294 e. The van der Waals surface area contributed by atoms with Gasteiger partial charge in [0, 0.05) is 25.3 Å². The normalized spacial score (nSPS) is 12.6. The number of benzene rings is 1. The Morgan fingerprint density at radius 1 is 1.19 bits per heavy atom. The summed E-state index contributed by atoms with van der Waals surface area (Å²) in [5, 5.41) is 1.71. The highest BCUT2D eigenvalue weighted by molar-refractivity contribution is 7.92. The summed E-state index contributed by atoms with van der Waals surface area (Å²) in [5.41, 5.74) is 0.817. The molecule has 3 aromatic rings. The van der Waals surface area contributed by atoms with Crippen LogP contribution >= 0.6 is 22.7 Å². The zero-order valence-electron chi connectivity index (χ0n) is 15.2. The molecule has 0 N–H and O–H groups in total. The summed E-state index contributed by atoms with van der Waals surface area (Å²) < 4.78 is 48.4. The number of hydrogen-bond donors (Lipinski definition) is 0. The monoisotopic (exact) mass is 428 g/mol. The third kappa shape index (κ3) is 4.18. The molecule has 0 bridgehead atoms. The summed E-state index contributed by atoms with van der Waals surface area (Å²) in [6.45, 7) is 3.42. The molecule has 0 aliphatic heterocycles. The average molecular weight is 429 g/mol. The van der Waals surface area contributed by atoms with Crippen molar-refractivity contribution in [2.75, 3.05) is 27.4 Å². The lowest BCUT2D eigenvalue weighted by Gasteiger charge is -2.09. The molecule has 0 saturated heterocycles. The second-order valence-electron chi connectivity index (χ2n) is 5.41. The van der Waals surface area contributed by atoms with Gasteiger partial charge in [0.25, 0.3) is 10.0 Å². The fraction of sp³-hybridized carbons (Fsp3) is 0.353. The SMILES string of the molecule is CCOCCn1c(=NS(=O)(=O)c2cccs2)sc2cc(OC)c(OC)cc21. The molecule has 0 spiro atoms. The Morgan fingerprint density at radius 3 is 2.56 bits per heavy atom. The fourth-order valence-corrected chi connectivity index (χ4v) is 5.78. The predicted molar refractivity (Wildman–Crippen MR) is 106 cm³/mol. The summed E-state index contributed by atoms with van der Waals surface area (Å²) in [6, 6.07) is 6.89. The fourth-order valence-electron chi connectivity index (χ4n) is 2.54.